The second-order valence-electron chi connectivity index (χ2n) is 5.50. The van der Waals surface area contributed by atoms with E-state index < -0.39 is 0 Å². The summed E-state index contributed by atoms with van der Waals surface area (Å²) < 4.78 is 0. The fourth-order valence-electron chi connectivity index (χ4n) is 0.906. The van der Waals surface area contributed by atoms with Gasteiger partial charge in [0.1, 0.15) is 20.1 Å². The maximum absolute atomic E-state index is 4.92. The van der Waals surface area contributed by atoms with Crippen LogP contribution in [0.5, 0.6) is 0 Å². The van der Waals surface area contributed by atoms with Gasteiger partial charge >= 0.3 is 0 Å². The van der Waals surface area contributed by atoms with Crippen LogP contribution in [0.1, 0.15) is 6.92 Å². The Hall–Kier alpha value is 1.20. The molecule has 100 valence electrons. The minimum Gasteiger partial charge on any atom is -0.136 e. The van der Waals surface area contributed by atoms with Crippen molar-refractivity contribution in [3.63, 3.8) is 0 Å². The van der Waals surface area contributed by atoms with Crippen LogP contribution >= 0.6 is 0 Å². The smallest absolute Gasteiger partial charge is 0.136 e. The summed E-state index contributed by atoms with van der Waals surface area (Å²) in [6, 6.07) is 0. The first-order valence-corrected chi connectivity index (χ1v) is 11.6. The molecule has 0 aliphatic carbocycles. The zero-order chi connectivity index (χ0) is 13.8. The topological polar surface area (TPSA) is 0 Å². The largest absolute Gasteiger partial charge is 0.145 e. The van der Waals surface area contributed by atoms with E-state index >= 15 is 0 Å². The van der Waals surface area contributed by atoms with Crippen LogP contribution in [0.4, 0.5) is 0 Å². The van der Waals surface area contributed by atoms with Gasteiger partial charge < -0.3 is 0 Å². The Kier molecular flexibility index (Phi) is 16.5. The lowest BCUT2D eigenvalue weighted by atomic mass is 9.53. The summed E-state index contributed by atoms with van der Waals surface area (Å²) in [5.41, 5.74) is 2.65. The van der Waals surface area contributed by atoms with Gasteiger partial charge in [0.15, 0.2) is 0 Å². The fourth-order valence-corrected chi connectivity index (χ4v) is 8.75. The van der Waals surface area contributed by atoms with Gasteiger partial charge in [0.05, 0.1) is 0 Å². The van der Waals surface area contributed by atoms with Gasteiger partial charge in [-0.1, -0.05) is 54.2 Å². The Morgan fingerprint density at radius 3 is 1.41 bits per heavy atom. The maximum atomic E-state index is 4.92. The van der Waals surface area contributed by atoms with Crippen molar-refractivity contribution in [3.8, 4) is 0 Å². The van der Waals surface area contributed by atoms with E-state index in [1.807, 2.05) is 8.88 Å². The first kappa shape index (κ1) is 20.5. The van der Waals surface area contributed by atoms with Gasteiger partial charge in [-0.2, -0.15) is 0 Å². The first-order chi connectivity index (χ1) is 7.83. The zero-order valence-electron chi connectivity index (χ0n) is 12.5. The van der Waals surface area contributed by atoms with E-state index in [4.69, 9.17) is 11.2 Å². The van der Waals surface area contributed by atoms with Crippen LogP contribution in [0.3, 0.4) is 0 Å². The first-order valence-electron chi connectivity index (χ1n) is 6.47. The van der Waals surface area contributed by atoms with E-state index in [-0.39, 0.29) is 0 Å². The molecule has 0 atom stereocenters. The number of hydrogen-bond donors (Lipinski definition) is 0. The molecule has 0 radical (unpaired) electrons. The monoisotopic (exact) mass is 308 g/mol. The molecule has 0 nitrogen and oxygen atoms in total. The van der Waals surface area contributed by atoms with E-state index in [2.05, 4.69) is 47.9 Å². The minimum absolute atomic E-state index is 0.491. The van der Waals surface area contributed by atoms with Crippen LogP contribution in [-0.2, 0) is 38.4 Å². The molecule has 0 heterocycles. The van der Waals surface area contributed by atoms with Gasteiger partial charge in [-0.05, 0) is 40.3 Å². The molecule has 0 aromatic heterocycles. The molecule has 7 heteroatoms. The molecule has 0 amide bonds. The van der Waals surface area contributed by atoms with E-state index in [0.717, 1.165) is 20.1 Å². The zero-order valence-corrected chi connectivity index (χ0v) is 15.8. The summed E-state index contributed by atoms with van der Waals surface area (Å²) in [4.78, 5) is 0. The molecule has 0 aromatic rings. The van der Waals surface area contributed by atoms with Crippen molar-refractivity contribution in [2.24, 2.45) is 0 Å². The SMILES string of the molecule is CB(C)CS(CB(C)C)=S=S=S.CCB(C)C. The molecule has 0 saturated carbocycles. The molecule has 0 aromatic carbocycles. The summed E-state index contributed by atoms with van der Waals surface area (Å²) in [5.74, 6) is 0. The number of rotatable bonds is 5. The van der Waals surface area contributed by atoms with Crippen molar-refractivity contribution in [3.05, 3.63) is 0 Å². The third kappa shape index (κ3) is 19.7. The average molecular weight is 308 g/mol. The van der Waals surface area contributed by atoms with Crippen LogP contribution in [0.25, 0.3) is 0 Å². The van der Waals surface area contributed by atoms with E-state index in [9.17, 15) is 0 Å². The van der Waals surface area contributed by atoms with Gasteiger partial charge in [0.25, 0.3) is 0 Å². The van der Waals surface area contributed by atoms with Crippen molar-refractivity contribution in [2.75, 3.05) is 11.3 Å². The highest BCUT2D eigenvalue weighted by Crippen LogP contribution is 1.93. The second-order valence-corrected chi connectivity index (χ2v) is 12.0. The predicted molar refractivity (Wildman–Crippen MR) is 102 cm³/mol. The predicted octanol–water partition coefficient (Wildman–Crippen LogP) is 3.41. The Morgan fingerprint density at radius 1 is 0.882 bits per heavy atom. The average Bonchev–Trinajstić information content (AvgIpc) is 2.16. The molecule has 0 spiro atoms. The van der Waals surface area contributed by atoms with Gasteiger partial charge in [-0.25, -0.2) is 0 Å². The summed E-state index contributed by atoms with van der Waals surface area (Å²) in [6.45, 7) is 18.3. The van der Waals surface area contributed by atoms with Crippen molar-refractivity contribution in [1.82, 2.24) is 0 Å². The number of hydrogen-bond acceptors (Lipinski definition) is 1. The summed E-state index contributed by atoms with van der Waals surface area (Å²) >= 11 is 4.92. The normalized spacial score (nSPS) is 9.18. The van der Waals surface area contributed by atoms with Gasteiger partial charge in [0.2, 0.25) is 0 Å². The molecule has 17 heavy (non-hydrogen) atoms. The third-order valence-electron chi connectivity index (χ3n) is 1.98. The molecule has 0 saturated heterocycles. The van der Waals surface area contributed by atoms with E-state index in [1.54, 1.807) is 0 Å². The van der Waals surface area contributed by atoms with Crippen LogP contribution in [0, 0.1) is 0 Å². The molecule has 0 N–H and O–H groups in total. The van der Waals surface area contributed by atoms with Gasteiger partial charge in [-0.15, -0.1) is 9.45 Å². The Morgan fingerprint density at radius 2 is 1.24 bits per heavy atom. The van der Waals surface area contributed by atoms with Gasteiger partial charge in [-0.3, -0.25) is 0 Å². The standard InChI is InChI=1S/C6H16B2S4.C4H11B/c1-7(2)5-12(11-10-9)6-8(3)4;1-4-5(2)3/h5-6H2,1-4H3;4H2,1-3H3. The summed E-state index contributed by atoms with van der Waals surface area (Å²) in [6.07, 6.45) is 1.31. The van der Waals surface area contributed by atoms with Crippen molar-refractivity contribution in [2.45, 2.75) is 54.2 Å². The maximum Gasteiger partial charge on any atom is 0.145 e. The summed E-state index contributed by atoms with van der Waals surface area (Å²) in [7, 11) is 3.89. The van der Waals surface area contributed by atoms with Crippen LogP contribution in [0.15, 0.2) is 0 Å². The highest BCUT2D eigenvalue weighted by Gasteiger charge is 2.06. The molecule has 0 unspecified atom stereocenters. The Balaban J connectivity index is 0. The molecule has 0 aliphatic rings. The molecule has 0 rings (SSSR count). The van der Waals surface area contributed by atoms with Gasteiger partial charge in [0, 0.05) is 0 Å². The lowest BCUT2D eigenvalue weighted by Gasteiger charge is -2.07. The lowest BCUT2D eigenvalue weighted by molar-refractivity contribution is 1.41. The van der Waals surface area contributed by atoms with Crippen molar-refractivity contribution >= 4 is 58.5 Å². The molecule has 0 aliphatic heterocycles. The van der Waals surface area contributed by atoms with Crippen molar-refractivity contribution < 1.29 is 0 Å². The highest BCUT2D eigenvalue weighted by molar-refractivity contribution is 8.58. The van der Waals surface area contributed by atoms with Crippen LogP contribution in [-0.4, -0.2) is 31.4 Å². The summed E-state index contributed by atoms with van der Waals surface area (Å²) in [5, 5.41) is 0. The molecular weight excluding hydrogens is 281 g/mol. The Bertz CT molecular complexity index is 255. The quantitative estimate of drug-likeness (QED) is 0.701. The highest BCUT2D eigenvalue weighted by atomic mass is 33.2. The minimum atomic E-state index is 0.491. The Labute approximate surface area is 123 Å². The molecule has 0 fully saturated rings. The van der Waals surface area contributed by atoms with Crippen LogP contribution < -0.4 is 0 Å². The lowest BCUT2D eigenvalue weighted by Crippen LogP contribution is -2.21. The van der Waals surface area contributed by atoms with Crippen molar-refractivity contribution in [1.29, 1.82) is 0 Å². The van der Waals surface area contributed by atoms with E-state index in [1.165, 1.54) is 26.5 Å². The fraction of sp³-hybridized carbons (Fsp3) is 1.00. The molecule has 0 bridgehead atoms. The van der Waals surface area contributed by atoms with Crippen LogP contribution in [0.2, 0.25) is 47.3 Å². The third-order valence-corrected chi connectivity index (χ3v) is 9.60. The van der Waals surface area contributed by atoms with E-state index in [0.29, 0.717) is 9.45 Å². The second kappa shape index (κ2) is 13.6. The molecular formula is C10H27B3S4.